The maximum absolute atomic E-state index is 12.1. The van der Waals surface area contributed by atoms with Gasteiger partial charge < -0.3 is 4.52 Å². The second-order valence-corrected chi connectivity index (χ2v) is 6.97. The molecule has 23 heavy (non-hydrogen) atoms. The van der Waals surface area contributed by atoms with E-state index in [0.717, 1.165) is 12.2 Å². The lowest BCUT2D eigenvalue weighted by atomic mass is 9.92. The third kappa shape index (κ3) is 4.93. The summed E-state index contributed by atoms with van der Waals surface area (Å²) in [6.07, 6.45) is 0. The molecule has 0 fully saturated rings. The molecule has 0 unspecified atom stereocenters. The van der Waals surface area contributed by atoms with E-state index in [1.54, 1.807) is 6.07 Å². The first-order chi connectivity index (χ1) is 10.8. The molecule has 0 aliphatic carbocycles. The molecule has 2 rings (SSSR count). The minimum absolute atomic E-state index is 0.103. The van der Waals surface area contributed by atoms with E-state index in [2.05, 4.69) is 29.5 Å². The highest BCUT2D eigenvalue weighted by molar-refractivity contribution is 5.90. The molecule has 1 heterocycles. The third-order valence-electron chi connectivity index (χ3n) is 3.66. The molecular weight excluding hydrogens is 290 g/mol. The van der Waals surface area contributed by atoms with E-state index in [4.69, 9.17) is 4.52 Å². The molecule has 2 aromatic rings. The Morgan fingerprint density at radius 2 is 2.00 bits per heavy atom. The quantitative estimate of drug-likeness (QED) is 0.919. The lowest BCUT2D eigenvalue weighted by Crippen LogP contribution is -2.29. The molecule has 0 aliphatic rings. The smallest absolute Gasteiger partial charge is 0.240 e. The fourth-order valence-corrected chi connectivity index (χ4v) is 2.24. The molecule has 124 valence electrons. The van der Waals surface area contributed by atoms with Crippen LogP contribution in [0.2, 0.25) is 0 Å². The summed E-state index contributed by atoms with van der Waals surface area (Å²) < 4.78 is 5.18. The number of carbonyl (C=O) groups is 1. The second-order valence-electron chi connectivity index (χ2n) is 6.97. The summed E-state index contributed by atoms with van der Waals surface area (Å²) in [5.41, 5.74) is 3.16. The van der Waals surface area contributed by atoms with E-state index in [-0.39, 0.29) is 11.3 Å². The van der Waals surface area contributed by atoms with Crippen LogP contribution in [0.5, 0.6) is 0 Å². The van der Waals surface area contributed by atoms with Crippen molar-refractivity contribution in [3.8, 4) is 0 Å². The topological polar surface area (TPSA) is 58.4 Å². The molecule has 0 radical (unpaired) electrons. The van der Waals surface area contributed by atoms with Crippen molar-refractivity contribution < 1.29 is 9.32 Å². The normalized spacial score (nSPS) is 11.7. The van der Waals surface area contributed by atoms with Crippen LogP contribution in [0.3, 0.4) is 0 Å². The molecule has 1 aromatic heterocycles. The van der Waals surface area contributed by atoms with E-state index in [9.17, 15) is 4.79 Å². The number of aryl methyl sites for hydroxylation is 1. The lowest BCUT2D eigenvalue weighted by Gasteiger charge is -2.17. The zero-order chi connectivity index (χ0) is 17.0. The number of aromatic nitrogens is 1. The Morgan fingerprint density at radius 3 is 2.61 bits per heavy atom. The largest absolute Gasteiger partial charge is 0.338 e. The van der Waals surface area contributed by atoms with Crippen molar-refractivity contribution in [2.45, 2.75) is 39.7 Å². The molecular formula is C18H25N3O2. The van der Waals surface area contributed by atoms with Crippen molar-refractivity contribution in [1.29, 1.82) is 0 Å². The average molecular weight is 315 g/mol. The number of carbonyl (C=O) groups excluding carboxylic acids is 1. The van der Waals surface area contributed by atoms with Gasteiger partial charge in [-0.2, -0.15) is 0 Å². The maximum atomic E-state index is 12.1. The van der Waals surface area contributed by atoms with Crippen molar-refractivity contribution in [1.82, 2.24) is 10.1 Å². The number of nitrogens with zero attached hydrogens (tertiary/aromatic N) is 2. The summed E-state index contributed by atoms with van der Waals surface area (Å²) in [4.78, 5) is 14.1. The molecule has 0 saturated heterocycles. The monoisotopic (exact) mass is 315 g/mol. The van der Waals surface area contributed by atoms with Crippen molar-refractivity contribution in [2.24, 2.45) is 0 Å². The maximum Gasteiger partial charge on any atom is 0.240 e. The van der Waals surface area contributed by atoms with E-state index in [1.807, 2.05) is 44.9 Å². The van der Waals surface area contributed by atoms with Crippen LogP contribution in [0.1, 0.15) is 37.6 Å². The Kier molecular flexibility index (Phi) is 5.21. The van der Waals surface area contributed by atoms with Crippen LogP contribution in [0.25, 0.3) is 0 Å². The van der Waals surface area contributed by atoms with Crippen molar-refractivity contribution in [2.75, 3.05) is 18.9 Å². The van der Waals surface area contributed by atoms with Gasteiger partial charge in [0.2, 0.25) is 11.8 Å². The van der Waals surface area contributed by atoms with Crippen LogP contribution in [0.4, 0.5) is 5.88 Å². The van der Waals surface area contributed by atoms with Gasteiger partial charge in [0.15, 0.2) is 0 Å². The average Bonchev–Trinajstić information content (AvgIpc) is 2.89. The Hall–Kier alpha value is -2.14. The van der Waals surface area contributed by atoms with E-state index in [0.29, 0.717) is 12.4 Å². The van der Waals surface area contributed by atoms with Crippen LogP contribution in [-0.2, 0) is 16.8 Å². The SMILES string of the molecule is Cc1ccccc1CN(C)CC(=O)Nc1cc(C(C)(C)C)no1. The number of rotatable bonds is 5. The van der Waals surface area contributed by atoms with Gasteiger partial charge in [0.1, 0.15) is 0 Å². The Labute approximate surface area is 137 Å². The molecule has 0 spiro atoms. The van der Waals surface area contributed by atoms with Crippen molar-refractivity contribution in [3.05, 3.63) is 47.2 Å². The predicted octanol–water partition coefficient (Wildman–Crippen LogP) is 3.35. The first-order valence-electron chi connectivity index (χ1n) is 7.76. The van der Waals surface area contributed by atoms with Gasteiger partial charge in [0.05, 0.1) is 12.2 Å². The number of nitrogens with one attached hydrogen (secondary N) is 1. The summed E-state index contributed by atoms with van der Waals surface area (Å²) in [7, 11) is 1.92. The van der Waals surface area contributed by atoms with Gasteiger partial charge >= 0.3 is 0 Å². The predicted molar refractivity (Wildman–Crippen MR) is 91.3 cm³/mol. The van der Waals surface area contributed by atoms with E-state index >= 15 is 0 Å². The van der Waals surface area contributed by atoms with Crippen LogP contribution in [0, 0.1) is 6.92 Å². The van der Waals surface area contributed by atoms with Gasteiger partial charge in [-0.25, -0.2) is 0 Å². The summed E-state index contributed by atoms with van der Waals surface area (Å²) in [5, 5.41) is 6.75. The Balaban J connectivity index is 1.89. The van der Waals surface area contributed by atoms with E-state index in [1.165, 1.54) is 11.1 Å². The molecule has 1 aromatic carbocycles. The lowest BCUT2D eigenvalue weighted by molar-refractivity contribution is -0.117. The highest BCUT2D eigenvalue weighted by Crippen LogP contribution is 2.23. The molecule has 5 nitrogen and oxygen atoms in total. The Morgan fingerprint density at radius 1 is 1.30 bits per heavy atom. The minimum Gasteiger partial charge on any atom is -0.338 e. The summed E-state index contributed by atoms with van der Waals surface area (Å²) in [5.74, 6) is 0.280. The summed E-state index contributed by atoms with van der Waals surface area (Å²) in [6.45, 7) is 9.24. The van der Waals surface area contributed by atoms with Crippen molar-refractivity contribution >= 4 is 11.8 Å². The van der Waals surface area contributed by atoms with Gasteiger partial charge in [-0.05, 0) is 25.1 Å². The zero-order valence-corrected chi connectivity index (χ0v) is 14.5. The number of amides is 1. The van der Waals surface area contributed by atoms with Gasteiger partial charge in [0, 0.05) is 18.0 Å². The number of benzene rings is 1. The molecule has 0 aliphatic heterocycles. The second kappa shape index (κ2) is 6.96. The standard InChI is InChI=1S/C18H25N3O2/c1-13-8-6-7-9-14(13)11-21(5)12-16(22)19-17-10-15(20-23-17)18(2,3)4/h6-10H,11-12H2,1-5H3,(H,19,22). The molecule has 1 amide bonds. The van der Waals surface area contributed by atoms with Crippen LogP contribution in [0.15, 0.2) is 34.9 Å². The highest BCUT2D eigenvalue weighted by atomic mass is 16.5. The van der Waals surface area contributed by atoms with Crippen molar-refractivity contribution in [3.63, 3.8) is 0 Å². The van der Waals surface area contributed by atoms with Gasteiger partial charge in [-0.3, -0.25) is 15.0 Å². The first kappa shape index (κ1) is 17.2. The minimum atomic E-state index is -0.113. The number of hydrogen-bond donors (Lipinski definition) is 1. The van der Waals surface area contributed by atoms with Crippen LogP contribution < -0.4 is 5.32 Å². The summed E-state index contributed by atoms with van der Waals surface area (Å²) in [6, 6.07) is 9.96. The molecule has 1 N–H and O–H groups in total. The third-order valence-corrected chi connectivity index (χ3v) is 3.66. The van der Waals surface area contributed by atoms with E-state index < -0.39 is 0 Å². The van der Waals surface area contributed by atoms with Gasteiger partial charge in [-0.1, -0.05) is 50.2 Å². The zero-order valence-electron chi connectivity index (χ0n) is 14.5. The van der Waals surface area contributed by atoms with Gasteiger partial charge in [-0.15, -0.1) is 0 Å². The Bertz CT molecular complexity index is 671. The van der Waals surface area contributed by atoms with Gasteiger partial charge in [0.25, 0.3) is 0 Å². The highest BCUT2D eigenvalue weighted by Gasteiger charge is 2.20. The molecule has 5 heteroatoms. The molecule has 0 bridgehead atoms. The molecule has 0 atom stereocenters. The first-order valence-corrected chi connectivity index (χ1v) is 7.76. The molecule has 0 saturated carbocycles. The van der Waals surface area contributed by atoms with Crippen LogP contribution in [-0.4, -0.2) is 29.6 Å². The fourth-order valence-electron chi connectivity index (χ4n) is 2.24. The number of anilines is 1. The summed E-state index contributed by atoms with van der Waals surface area (Å²) >= 11 is 0. The fraction of sp³-hybridized carbons (Fsp3) is 0.444. The number of likely N-dealkylation sites (N-methyl/N-ethyl adjacent to an activating group) is 1. The number of hydrogen-bond acceptors (Lipinski definition) is 4. The van der Waals surface area contributed by atoms with Crippen LogP contribution >= 0.6 is 0 Å².